The number of likely N-dealkylation sites (tertiary alicyclic amines) is 1. The highest BCUT2D eigenvalue weighted by molar-refractivity contribution is 5.79. The normalized spacial score (nSPS) is 19.6. The fraction of sp³-hybridized carbons (Fsp3) is 0.667. The number of nitrogens with two attached hydrogens (primary N) is 1. The third-order valence-electron chi connectivity index (χ3n) is 3.76. The third kappa shape index (κ3) is 1.96. The molecule has 1 fully saturated rings. The van der Waals surface area contributed by atoms with Crippen molar-refractivity contribution in [3.8, 4) is 0 Å². The quantitative estimate of drug-likeness (QED) is 0.811. The average molecular weight is 249 g/mol. The van der Waals surface area contributed by atoms with Crippen molar-refractivity contribution in [3.05, 3.63) is 11.3 Å². The van der Waals surface area contributed by atoms with E-state index in [9.17, 15) is 4.79 Å². The predicted octanol–water partition coefficient (Wildman–Crippen LogP) is 0.764. The summed E-state index contributed by atoms with van der Waals surface area (Å²) in [5.41, 5.74) is 7.52. The molecule has 0 spiro atoms. The zero-order valence-corrected chi connectivity index (χ0v) is 10.5. The Bertz CT molecular complexity index is 461. The number of carbonyl (C=O) groups excluding carboxylic acids is 1. The molecular weight excluding hydrogens is 230 g/mol. The summed E-state index contributed by atoms with van der Waals surface area (Å²) in [5, 5.41) is 7.55. The first-order valence-corrected chi connectivity index (χ1v) is 6.62. The Morgan fingerprint density at radius 3 is 2.83 bits per heavy atom. The van der Waals surface area contributed by atoms with Gasteiger partial charge in [-0.1, -0.05) is 6.42 Å². The molecule has 0 atom stereocenters. The molecule has 3 heterocycles. The molecule has 1 saturated heterocycles. The number of aromatic nitrogens is 2. The molecule has 0 aliphatic carbocycles. The zero-order chi connectivity index (χ0) is 12.5. The summed E-state index contributed by atoms with van der Waals surface area (Å²) >= 11 is 0. The summed E-state index contributed by atoms with van der Waals surface area (Å²) in [5.74, 6) is 0.800. The minimum Gasteiger partial charge on any atom is -0.369 e. The van der Waals surface area contributed by atoms with Gasteiger partial charge < -0.3 is 11.1 Å². The molecular formula is C12H19N5O. The number of nitrogens with one attached hydrogen (secondary N) is 1. The summed E-state index contributed by atoms with van der Waals surface area (Å²) in [7, 11) is 0. The van der Waals surface area contributed by atoms with Crippen molar-refractivity contribution in [1.29, 1.82) is 0 Å². The number of carbonyl (C=O) groups is 1. The number of hydrogen-bond acceptors (Lipinski definition) is 4. The molecule has 0 radical (unpaired) electrons. The Kier molecular flexibility index (Phi) is 2.95. The maximum Gasteiger partial charge on any atom is 0.341 e. The fourth-order valence-electron chi connectivity index (χ4n) is 2.86. The van der Waals surface area contributed by atoms with Gasteiger partial charge in [0.1, 0.15) is 5.82 Å². The van der Waals surface area contributed by atoms with Gasteiger partial charge in [0.2, 0.25) is 0 Å². The van der Waals surface area contributed by atoms with E-state index in [1.165, 1.54) is 29.5 Å². The van der Waals surface area contributed by atoms with Gasteiger partial charge in [-0.25, -0.2) is 4.79 Å². The van der Waals surface area contributed by atoms with Crippen LogP contribution in [0, 0.1) is 0 Å². The van der Waals surface area contributed by atoms with E-state index < -0.39 is 6.03 Å². The van der Waals surface area contributed by atoms with Crippen molar-refractivity contribution < 1.29 is 4.79 Å². The first-order chi connectivity index (χ1) is 8.75. The lowest BCUT2D eigenvalue weighted by Crippen LogP contribution is -2.30. The Hall–Kier alpha value is -1.56. The van der Waals surface area contributed by atoms with Crippen molar-refractivity contribution in [2.24, 2.45) is 5.73 Å². The minimum atomic E-state index is -0.509. The summed E-state index contributed by atoms with van der Waals surface area (Å²) in [6.07, 6.45) is 4.78. The standard InChI is InChI=1S/C12H19N5O/c13-12(18)17-11-9(4-5-14-11)10(15-17)8-16-6-2-1-3-7-16/h14H,1-8H2,(H2,13,18). The number of anilines is 1. The van der Waals surface area contributed by atoms with Gasteiger partial charge in [0, 0.05) is 18.7 Å². The van der Waals surface area contributed by atoms with Gasteiger partial charge in [-0.15, -0.1) is 0 Å². The van der Waals surface area contributed by atoms with E-state index in [1.54, 1.807) is 0 Å². The van der Waals surface area contributed by atoms with Crippen LogP contribution >= 0.6 is 0 Å². The topological polar surface area (TPSA) is 76.2 Å². The van der Waals surface area contributed by atoms with Crippen molar-refractivity contribution in [1.82, 2.24) is 14.7 Å². The van der Waals surface area contributed by atoms with Gasteiger partial charge in [-0.3, -0.25) is 4.90 Å². The van der Waals surface area contributed by atoms with Gasteiger partial charge in [0.25, 0.3) is 0 Å². The molecule has 6 heteroatoms. The summed E-state index contributed by atoms with van der Waals surface area (Å²) < 4.78 is 1.31. The number of nitrogens with zero attached hydrogens (tertiary/aromatic N) is 3. The molecule has 3 N–H and O–H groups in total. The highest BCUT2D eigenvalue weighted by Gasteiger charge is 2.25. The van der Waals surface area contributed by atoms with Crippen LogP contribution in [0.4, 0.5) is 10.6 Å². The first kappa shape index (κ1) is 11.5. The minimum absolute atomic E-state index is 0.509. The van der Waals surface area contributed by atoms with Crippen LogP contribution in [-0.4, -0.2) is 40.3 Å². The van der Waals surface area contributed by atoms with Gasteiger partial charge >= 0.3 is 6.03 Å². The fourth-order valence-corrected chi connectivity index (χ4v) is 2.86. The van der Waals surface area contributed by atoms with E-state index >= 15 is 0 Å². The van der Waals surface area contributed by atoms with E-state index in [0.29, 0.717) is 0 Å². The summed E-state index contributed by atoms with van der Waals surface area (Å²) in [4.78, 5) is 13.7. The van der Waals surface area contributed by atoms with E-state index in [-0.39, 0.29) is 0 Å². The largest absolute Gasteiger partial charge is 0.369 e. The number of amides is 1. The molecule has 1 aromatic rings. The molecule has 0 saturated carbocycles. The number of fused-ring (bicyclic) bond motifs is 1. The van der Waals surface area contributed by atoms with Crippen molar-refractivity contribution in [3.63, 3.8) is 0 Å². The molecule has 0 aromatic carbocycles. The van der Waals surface area contributed by atoms with Crippen LogP contribution in [0.2, 0.25) is 0 Å². The first-order valence-electron chi connectivity index (χ1n) is 6.62. The highest BCUT2D eigenvalue weighted by Crippen LogP contribution is 2.27. The molecule has 3 rings (SSSR count). The van der Waals surface area contributed by atoms with Crippen LogP contribution in [0.25, 0.3) is 0 Å². The van der Waals surface area contributed by atoms with E-state index in [0.717, 1.165) is 44.1 Å². The average Bonchev–Trinajstić information content (AvgIpc) is 2.94. The lowest BCUT2D eigenvalue weighted by atomic mass is 10.1. The molecule has 6 nitrogen and oxygen atoms in total. The lowest BCUT2D eigenvalue weighted by Gasteiger charge is -2.25. The van der Waals surface area contributed by atoms with Crippen LogP contribution in [0.3, 0.4) is 0 Å². The monoisotopic (exact) mass is 249 g/mol. The SMILES string of the molecule is NC(=O)n1nc(CN2CCCCC2)c2c1NCC2. The Balaban J connectivity index is 1.83. The van der Waals surface area contributed by atoms with E-state index in [2.05, 4.69) is 15.3 Å². The molecule has 2 aliphatic heterocycles. The van der Waals surface area contributed by atoms with E-state index in [4.69, 9.17) is 5.73 Å². The lowest BCUT2D eigenvalue weighted by molar-refractivity contribution is 0.217. The molecule has 2 aliphatic rings. The van der Waals surface area contributed by atoms with Crippen LogP contribution < -0.4 is 11.1 Å². The van der Waals surface area contributed by atoms with Crippen molar-refractivity contribution in [2.45, 2.75) is 32.2 Å². The van der Waals surface area contributed by atoms with Crippen LogP contribution in [-0.2, 0) is 13.0 Å². The van der Waals surface area contributed by atoms with Gasteiger partial charge in [0.05, 0.1) is 5.69 Å². The van der Waals surface area contributed by atoms with Crippen LogP contribution in [0.5, 0.6) is 0 Å². The maximum absolute atomic E-state index is 11.3. The van der Waals surface area contributed by atoms with Gasteiger partial charge in [-0.2, -0.15) is 9.78 Å². The maximum atomic E-state index is 11.3. The smallest absolute Gasteiger partial charge is 0.341 e. The third-order valence-corrected chi connectivity index (χ3v) is 3.76. The molecule has 0 unspecified atom stereocenters. The predicted molar refractivity (Wildman–Crippen MR) is 68.5 cm³/mol. The summed E-state index contributed by atoms with van der Waals surface area (Å²) in [6, 6.07) is -0.509. The highest BCUT2D eigenvalue weighted by atomic mass is 16.2. The number of piperidine rings is 1. The van der Waals surface area contributed by atoms with Crippen LogP contribution in [0.1, 0.15) is 30.5 Å². The number of rotatable bonds is 2. The molecule has 98 valence electrons. The van der Waals surface area contributed by atoms with Crippen molar-refractivity contribution in [2.75, 3.05) is 25.0 Å². The molecule has 1 aromatic heterocycles. The van der Waals surface area contributed by atoms with Crippen LogP contribution in [0.15, 0.2) is 0 Å². The Labute approximate surface area is 106 Å². The summed E-state index contributed by atoms with van der Waals surface area (Å²) in [6.45, 7) is 3.97. The van der Waals surface area contributed by atoms with Gasteiger partial charge in [-0.05, 0) is 32.4 Å². The van der Waals surface area contributed by atoms with Crippen molar-refractivity contribution >= 4 is 11.8 Å². The molecule has 1 amide bonds. The second-order valence-electron chi connectivity index (χ2n) is 5.04. The van der Waals surface area contributed by atoms with Gasteiger partial charge in [0.15, 0.2) is 0 Å². The van der Waals surface area contributed by atoms with E-state index in [1.807, 2.05) is 0 Å². The molecule has 0 bridgehead atoms. The number of hydrogen-bond donors (Lipinski definition) is 2. The number of primary amides is 1. The second kappa shape index (κ2) is 4.61. The second-order valence-corrected chi connectivity index (χ2v) is 5.04. The zero-order valence-electron chi connectivity index (χ0n) is 10.5. The molecule has 18 heavy (non-hydrogen) atoms. The Morgan fingerprint density at radius 1 is 1.33 bits per heavy atom. The Morgan fingerprint density at radius 2 is 2.11 bits per heavy atom.